The molecule has 0 unspecified atom stereocenters. The molecule has 4 aromatic carbocycles. The van der Waals surface area contributed by atoms with Crippen LogP contribution in [0.3, 0.4) is 0 Å². The van der Waals surface area contributed by atoms with Gasteiger partial charge in [0.1, 0.15) is 17.2 Å². The Hall–Kier alpha value is -4.56. The number of carbonyl (C=O) groups excluding carboxylic acids is 1. The minimum absolute atomic E-state index is 0.143. The van der Waals surface area contributed by atoms with Crippen molar-refractivity contribution in [2.45, 2.75) is 5.16 Å². The van der Waals surface area contributed by atoms with Crippen LogP contribution in [0.4, 0.5) is 5.69 Å². The van der Waals surface area contributed by atoms with Crippen molar-refractivity contribution in [1.29, 1.82) is 0 Å². The summed E-state index contributed by atoms with van der Waals surface area (Å²) in [5, 5.41) is 12.4. The first kappa shape index (κ1) is 24.1. The van der Waals surface area contributed by atoms with Gasteiger partial charge in [0.05, 0.1) is 12.9 Å². The van der Waals surface area contributed by atoms with Gasteiger partial charge in [0.15, 0.2) is 11.0 Å². The molecule has 1 amide bonds. The van der Waals surface area contributed by atoms with Crippen molar-refractivity contribution < 1.29 is 14.3 Å². The number of methoxy groups -OCH3 is 1. The summed E-state index contributed by atoms with van der Waals surface area (Å²) < 4.78 is 13.0. The third kappa shape index (κ3) is 5.99. The van der Waals surface area contributed by atoms with Crippen molar-refractivity contribution in [3.8, 4) is 34.3 Å². The predicted molar refractivity (Wildman–Crippen MR) is 146 cm³/mol. The van der Waals surface area contributed by atoms with Crippen molar-refractivity contribution in [3.63, 3.8) is 0 Å². The second-order valence-corrected chi connectivity index (χ2v) is 8.92. The highest BCUT2D eigenvalue weighted by atomic mass is 32.2. The van der Waals surface area contributed by atoms with E-state index in [2.05, 4.69) is 15.5 Å². The maximum atomic E-state index is 12.7. The van der Waals surface area contributed by atoms with Crippen molar-refractivity contribution in [1.82, 2.24) is 14.8 Å². The van der Waals surface area contributed by atoms with Gasteiger partial charge in [0.25, 0.3) is 0 Å². The summed E-state index contributed by atoms with van der Waals surface area (Å²) in [7, 11) is 1.63. The molecule has 37 heavy (non-hydrogen) atoms. The highest BCUT2D eigenvalue weighted by molar-refractivity contribution is 7.99. The number of amides is 1. The molecule has 5 aromatic rings. The summed E-state index contributed by atoms with van der Waals surface area (Å²) in [6, 6.07) is 34.3. The van der Waals surface area contributed by atoms with Crippen molar-refractivity contribution >= 4 is 23.4 Å². The molecular weight excluding hydrogens is 484 g/mol. The van der Waals surface area contributed by atoms with E-state index in [1.54, 1.807) is 7.11 Å². The number of hydrogen-bond acceptors (Lipinski definition) is 6. The first-order valence-electron chi connectivity index (χ1n) is 11.6. The number of para-hydroxylation sites is 2. The van der Waals surface area contributed by atoms with E-state index in [0.717, 1.165) is 22.7 Å². The lowest BCUT2D eigenvalue weighted by atomic mass is 10.2. The fourth-order valence-corrected chi connectivity index (χ4v) is 4.41. The molecule has 1 N–H and O–H groups in total. The number of carbonyl (C=O) groups is 1. The van der Waals surface area contributed by atoms with E-state index < -0.39 is 0 Å². The summed E-state index contributed by atoms with van der Waals surface area (Å²) >= 11 is 1.33. The number of nitrogens with one attached hydrogen (secondary N) is 1. The van der Waals surface area contributed by atoms with Crippen LogP contribution in [0, 0.1) is 0 Å². The Balaban J connectivity index is 1.28. The Labute approximate surface area is 219 Å². The number of anilines is 1. The molecule has 0 saturated heterocycles. The molecule has 1 aromatic heterocycles. The Kier molecular flexibility index (Phi) is 7.47. The van der Waals surface area contributed by atoms with E-state index in [4.69, 9.17) is 9.47 Å². The van der Waals surface area contributed by atoms with E-state index in [-0.39, 0.29) is 11.7 Å². The number of nitrogens with zero attached hydrogens (tertiary/aromatic N) is 3. The van der Waals surface area contributed by atoms with E-state index in [1.807, 2.05) is 114 Å². The normalized spacial score (nSPS) is 10.6. The molecule has 1 heterocycles. The number of rotatable bonds is 9. The Morgan fingerprint density at radius 2 is 1.41 bits per heavy atom. The summed E-state index contributed by atoms with van der Waals surface area (Å²) in [6.07, 6.45) is 0. The molecule has 0 fully saturated rings. The average molecular weight is 509 g/mol. The second-order valence-electron chi connectivity index (χ2n) is 7.98. The lowest BCUT2D eigenvalue weighted by Gasteiger charge is -2.11. The molecule has 5 rings (SSSR count). The second kappa shape index (κ2) is 11.5. The topological polar surface area (TPSA) is 78.3 Å². The number of ether oxygens (including phenoxy) is 2. The molecule has 0 bridgehead atoms. The summed E-state index contributed by atoms with van der Waals surface area (Å²) in [5.41, 5.74) is 2.50. The van der Waals surface area contributed by atoms with Crippen LogP contribution in [0.15, 0.2) is 114 Å². The lowest BCUT2D eigenvalue weighted by Crippen LogP contribution is -2.14. The number of benzene rings is 4. The Morgan fingerprint density at radius 3 is 2.08 bits per heavy atom. The fraction of sp³-hybridized carbons (Fsp3) is 0.0690. The van der Waals surface area contributed by atoms with E-state index in [1.165, 1.54) is 11.8 Å². The molecular formula is C29H24N4O3S. The monoisotopic (exact) mass is 508 g/mol. The predicted octanol–water partition coefficient (Wildman–Crippen LogP) is 6.47. The zero-order valence-corrected chi connectivity index (χ0v) is 20.9. The van der Waals surface area contributed by atoms with Gasteiger partial charge in [-0.3, -0.25) is 9.36 Å². The molecule has 0 radical (unpaired) electrons. The molecule has 0 atom stereocenters. The van der Waals surface area contributed by atoms with Gasteiger partial charge in [0, 0.05) is 16.9 Å². The first-order valence-corrected chi connectivity index (χ1v) is 12.6. The van der Waals surface area contributed by atoms with E-state index >= 15 is 0 Å². The third-order valence-electron chi connectivity index (χ3n) is 5.45. The van der Waals surface area contributed by atoms with Gasteiger partial charge in [-0.05, 0) is 72.8 Å². The smallest absolute Gasteiger partial charge is 0.234 e. The molecule has 0 aliphatic carbocycles. The zero-order valence-electron chi connectivity index (χ0n) is 20.1. The van der Waals surface area contributed by atoms with Gasteiger partial charge in [-0.25, -0.2) is 0 Å². The lowest BCUT2D eigenvalue weighted by molar-refractivity contribution is -0.113. The Morgan fingerprint density at radius 1 is 0.784 bits per heavy atom. The van der Waals surface area contributed by atoms with Gasteiger partial charge in [0.2, 0.25) is 5.91 Å². The Bertz CT molecular complexity index is 1460. The number of hydrogen-bond donors (Lipinski definition) is 1. The molecule has 7 nitrogen and oxygen atoms in total. The van der Waals surface area contributed by atoms with Gasteiger partial charge < -0.3 is 14.8 Å². The SMILES string of the molecule is COc1ccc(-c2nnc(SCC(=O)Nc3ccc(Oc4ccccc4)cc3)n2-c2ccccc2)cc1. The van der Waals surface area contributed by atoms with Crippen LogP contribution in [0.1, 0.15) is 0 Å². The van der Waals surface area contributed by atoms with Gasteiger partial charge >= 0.3 is 0 Å². The highest BCUT2D eigenvalue weighted by Gasteiger charge is 2.17. The van der Waals surface area contributed by atoms with E-state index in [9.17, 15) is 4.79 Å². The van der Waals surface area contributed by atoms with E-state index in [0.29, 0.717) is 22.4 Å². The van der Waals surface area contributed by atoms with Crippen LogP contribution < -0.4 is 14.8 Å². The van der Waals surface area contributed by atoms with Crippen molar-refractivity contribution in [2.24, 2.45) is 0 Å². The van der Waals surface area contributed by atoms with Crippen LogP contribution in [-0.2, 0) is 4.79 Å². The van der Waals surface area contributed by atoms with Crippen LogP contribution >= 0.6 is 11.8 Å². The van der Waals surface area contributed by atoms with Crippen LogP contribution in [0.25, 0.3) is 17.1 Å². The average Bonchev–Trinajstić information content (AvgIpc) is 3.38. The molecule has 0 aliphatic rings. The maximum Gasteiger partial charge on any atom is 0.234 e. The summed E-state index contributed by atoms with van der Waals surface area (Å²) in [4.78, 5) is 12.7. The largest absolute Gasteiger partial charge is 0.497 e. The molecule has 8 heteroatoms. The summed E-state index contributed by atoms with van der Waals surface area (Å²) in [6.45, 7) is 0. The minimum Gasteiger partial charge on any atom is -0.497 e. The third-order valence-corrected chi connectivity index (χ3v) is 6.37. The molecule has 0 aliphatic heterocycles. The first-order chi connectivity index (χ1) is 18.2. The van der Waals surface area contributed by atoms with Crippen molar-refractivity contribution in [3.05, 3.63) is 109 Å². The fourth-order valence-electron chi connectivity index (χ4n) is 3.66. The zero-order chi connectivity index (χ0) is 25.5. The highest BCUT2D eigenvalue weighted by Crippen LogP contribution is 2.29. The molecule has 184 valence electrons. The molecule has 0 spiro atoms. The van der Waals surface area contributed by atoms with Crippen molar-refractivity contribution in [2.75, 3.05) is 18.2 Å². The van der Waals surface area contributed by atoms with Gasteiger partial charge in [-0.15, -0.1) is 10.2 Å². The number of thioether (sulfide) groups is 1. The van der Waals surface area contributed by atoms with Gasteiger partial charge in [-0.1, -0.05) is 48.2 Å². The van der Waals surface area contributed by atoms with Crippen LogP contribution in [0.2, 0.25) is 0 Å². The quantitative estimate of drug-likeness (QED) is 0.230. The maximum absolute atomic E-state index is 12.7. The number of aromatic nitrogens is 3. The summed E-state index contributed by atoms with van der Waals surface area (Å²) in [5.74, 6) is 2.94. The van der Waals surface area contributed by atoms with Gasteiger partial charge in [-0.2, -0.15) is 0 Å². The molecule has 0 saturated carbocycles. The van der Waals surface area contributed by atoms with Crippen LogP contribution in [-0.4, -0.2) is 33.5 Å². The standard InChI is InChI=1S/C29H24N4O3S/c1-35-24-16-12-21(13-17-24)28-31-32-29(33(28)23-8-4-2-5-9-23)37-20-27(34)30-22-14-18-26(19-15-22)36-25-10-6-3-7-11-25/h2-19H,20H2,1H3,(H,30,34). The minimum atomic E-state index is -0.143. The van der Waals surface area contributed by atoms with Crippen LogP contribution in [0.5, 0.6) is 17.2 Å².